The van der Waals surface area contributed by atoms with Crippen molar-refractivity contribution in [1.29, 1.82) is 5.41 Å². The van der Waals surface area contributed by atoms with E-state index in [1.165, 1.54) is 55.5 Å². The summed E-state index contributed by atoms with van der Waals surface area (Å²) >= 11 is 0. The molecule has 0 saturated heterocycles. The number of hydrogen-bond donors (Lipinski definition) is 4. The Bertz CT molecular complexity index is 939. The van der Waals surface area contributed by atoms with Gasteiger partial charge in [0.1, 0.15) is 17.6 Å². The number of aliphatic hydroxyl groups excluding tert-OH is 1. The van der Waals surface area contributed by atoms with Gasteiger partial charge in [-0.15, -0.1) is 0 Å². The number of benzene rings is 2. The summed E-state index contributed by atoms with van der Waals surface area (Å²) in [5.41, 5.74) is 6.37. The van der Waals surface area contributed by atoms with Gasteiger partial charge >= 0.3 is 5.97 Å². The van der Waals surface area contributed by atoms with Gasteiger partial charge in [0.25, 0.3) is 5.91 Å². The highest BCUT2D eigenvalue weighted by Crippen LogP contribution is 2.15. The quantitative estimate of drug-likeness (QED) is 0.193. The fraction of sp³-hybridized carbons (Fsp3) is 0.273. The predicted molar refractivity (Wildman–Crippen MR) is 113 cm³/mol. The zero-order valence-corrected chi connectivity index (χ0v) is 17.3. The molecular weight excluding hydrogens is 402 g/mol. The van der Waals surface area contributed by atoms with Crippen LogP contribution in [0.3, 0.4) is 0 Å². The van der Waals surface area contributed by atoms with Crippen LogP contribution >= 0.6 is 0 Å². The van der Waals surface area contributed by atoms with Crippen LogP contribution in [0.15, 0.2) is 48.5 Å². The summed E-state index contributed by atoms with van der Waals surface area (Å²) in [6.07, 6.45) is -1.15. The molecule has 2 aromatic rings. The summed E-state index contributed by atoms with van der Waals surface area (Å²) in [5.74, 6) is -1.30. The molecule has 0 heterocycles. The predicted octanol–water partition coefficient (Wildman–Crippen LogP) is 1.27. The number of rotatable bonds is 10. The number of nitrogens with two attached hydrogens (primary N) is 1. The molecule has 0 aromatic heterocycles. The van der Waals surface area contributed by atoms with E-state index in [1.807, 2.05) is 0 Å². The van der Waals surface area contributed by atoms with Crippen LogP contribution in [0.25, 0.3) is 0 Å². The monoisotopic (exact) mass is 427 g/mol. The molecule has 0 radical (unpaired) electrons. The highest BCUT2D eigenvalue weighted by atomic mass is 16.6. The van der Waals surface area contributed by atoms with Crippen molar-refractivity contribution in [3.8, 4) is 5.75 Å². The zero-order chi connectivity index (χ0) is 23.0. The zero-order valence-electron chi connectivity index (χ0n) is 17.3. The van der Waals surface area contributed by atoms with E-state index in [2.05, 4.69) is 5.32 Å². The molecule has 0 aliphatic rings. The van der Waals surface area contributed by atoms with Gasteiger partial charge in [-0.1, -0.05) is 12.1 Å². The molecule has 9 nitrogen and oxygen atoms in total. The summed E-state index contributed by atoms with van der Waals surface area (Å²) in [4.78, 5) is 36.7. The van der Waals surface area contributed by atoms with Crippen LogP contribution in [0.2, 0.25) is 0 Å². The number of amides is 1. The summed E-state index contributed by atoms with van der Waals surface area (Å²) < 4.78 is 10.1. The number of aliphatic hydroxyl groups is 1. The molecule has 9 heteroatoms. The first-order valence-corrected chi connectivity index (χ1v) is 9.59. The third-order valence-electron chi connectivity index (χ3n) is 4.31. The first-order chi connectivity index (χ1) is 14.7. The average molecular weight is 427 g/mol. The number of carbonyl (C=O) groups is 3. The molecule has 0 fully saturated rings. The van der Waals surface area contributed by atoms with E-state index in [0.29, 0.717) is 11.3 Å². The van der Waals surface area contributed by atoms with Gasteiger partial charge in [-0.05, 0) is 50.2 Å². The van der Waals surface area contributed by atoms with Crippen molar-refractivity contribution in [1.82, 2.24) is 5.32 Å². The van der Waals surface area contributed by atoms with Gasteiger partial charge in [0.05, 0.1) is 12.7 Å². The minimum absolute atomic E-state index is 0.126. The first kappa shape index (κ1) is 23.6. The van der Waals surface area contributed by atoms with Crippen molar-refractivity contribution in [3.05, 3.63) is 65.2 Å². The third kappa shape index (κ3) is 6.65. The van der Waals surface area contributed by atoms with E-state index in [4.69, 9.17) is 20.6 Å². The SMILES string of the molecule is CCOC(=O)COc1ccc(C(=O)C(NC(=O)c2ccc(C(=N)N)cc2)C(C)O)cc1. The lowest BCUT2D eigenvalue weighted by molar-refractivity contribution is -0.145. The van der Waals surface area contributed by atoms with Crippen molar-refractivity contribution in [2.24, 2.45) is 5.73 Å². The molecular formula is C22H25N3O6. The second-order valence-electron chi connectivity index (χ2n) is 6.67. The van der Waals surface area contributed by atoms with Crippen molar-refractivity contribution in [2.75, 3.05) is 13.2 Å². The summed E-state index contributed by atoms with van der Waals surface area (Å²) in [6, 6.07) is 10.8. The van der Waals surface area contributed by atoms with Crippen LogP contribution < -0.4 is 15.8 Å². The molecule has 0 aliphatic carbocycles. The maximum absolute atomic E-state index is 12.8. The Labute approximate surface area is 179 Å². The normalized spacial score (nSPS) is 12.4. The number of ether oxygens (including phenoxy) is 2. The van der Waals surface area contributed by atoms with Crippen molar-refractivity contribution in [2.45, 2.75) is 26.0 Å². The highest BCUT2D eigenvalue weighted by molar-refractivity contribution is 6.05. The van der Waals surface area contributed by atoms with Gasteiger partial charge in [-0.25, -0.2) is 4.79 Å². The van der Waals surface area contributed by atoms with Crippen LogP contribution in [-0.2, 0) is 9.53 Å². The standard InChI is InChI=1S/C22H25N3O6/c1-3-30-18(27)12-31-17-10-8-14(9-11-17)20(28)19(13(2)26)25-22(29)16-6-4-15(5-7-16)21(23)24/h4-11,13,19,26H,3,12H2,1-2H3,(H3,23,24)(H,25,29). The number of amidine groups is 1. The molecule has 0 aliphatic heterocycles. The molecule has 0 saturated carbocycles. The largest absolute Gasteiger partial charge is 0.482 e. The maximum atomic E-state index is 12.8. The topological polar surface area (TPSA) is 152 Å². The molecule has 0 spiro atoms. The third-order valence-corrected chi connectivity index (χ3v) is 4.31. The van der Waals surface area contributed by atoms with E-state index < -0.39 is 29.8 Å². The molecule has 2 atom stereocenters. The van der Waals surface area contributed by atoms with Gasteiger partial charge < -0.3 is 25.6 Å². The smallest absolute Gasteiger partial charge is 0.344 e. The second kappa shape index (κ2) is 10.9. The molecule has 2 unspecified atom stereocenters. The molecule has 2 aromatic carbocycles. The highest BCUT2D eigenvalue weighted by Gasteiger charge is 2.27. The number of Topliss-reactive ketones (excluding diaryl/α,β-unsaturated/α-hetero) is 1. The molecule has 5 N–H and O–H groups in total. The van der Waals surface area contributed by atoms with Gasteiger partial charge in [-0.3, -0.25) is 15.0 Å². The Balaban J connectivity index is 2.06. The van der Waals surface area contributed by atoms with E-state index in [-0.39, 0.29) is 30.2 Å². The Morgan fingerprint density at radius 3 is 2.10 bits per heavy atom. The van der Waals surface area contributed by atoms with Crippen molar-refractivity contribution >= 4 is 23.5 Å². The van der Waals surface area contributed by atoms with Gasteiger partial charge in [0.15, 0.2) is 12.4 Å². The second-order valence-corrected chi connectivity index (χ2v) is 6.67. The van der Waals surface area contributed by atoms with Crippen LogP contribution in [0.5, 0.6) is 5.75 Å². The van der Waals surface area contributed by atoms with E-state index in [9.17, 15) is 19.5 Å². The summed E-state index contributed by atoms with van der Waals surface area (Å²) in [7, 11) is 0. The minimum Gasteiger partial charge on any atom is -0.482 e. The fourth-order valence-corrected chi connectivity index (χ4v) is 2.67. The van der Waals surface area contributed by atoms with E-state index in [1.54, 1.807) is 6.92 Å². The summed E-state index contributed by atoms with van der Waals surface area (Å²) in [5, 5.41) is 20.0. The van der Waals surface area contributed by atoms with E-state index >= 15 is 0 Å². The van der Waals surface area contributed by atoms with Gasteiger partial charge in [0, 0.05) is 16.7 Å². The number of carbonyl (C=O) groups excluding carboxylic acids is 3. The Morgan fingerprint density at radius 2 is 1.58 bits per heavy atom. The number of nitrogen functional groups attached to an aromatic ring is 1. The van der Waals surface area contributed by atoms with Crippen molar-refractivity contribution < 1.29 is 29.0 Å². The van der Waals surface area contributed by atoms with Crippen LogP contribution in [-0.4, -0.2) is 54.0 Å². The van der Waals surface area contributed by atoms with E-state index in [0.717, 1.165) is 0 Å². The molecule has 2 rings (SSSR count). The maximum Gasteiger partial charge on any atom is 0.344 e. The fourth-order valence-electron chi connectivity index (χ4n) is 2.67. The summed E-state index contributed by atoms with van der Waals surface area (Å²) in [6.45, 7) is 3.09. The first-order valence-electron chi connectivity index (χ1n) is 9.59. The average Bonchev–Trinajstić information content (AvgIpc) is 2.75. The Hall–Kier alpha value is -3.72. The number of esters is 1. The van der Waals surface area contributed by atoms with Crippen molar-refractivity contribution in [3.63, 3.8) is 0 Å². The Morgan fingerprint density at radius 1 is 1.03 bits per heavy atom. The molecule has 31 heavy (non-hydrogen) atoms. The van der Waals surface area contributed by atoms with Gasteiger partial charge in [-0.2, -0.15) is 0 Å². The minimum atomic E-state index is -1.17. The molecule has 164 valence electrons. The van der Waals surface area contributed by atoms with Crippen LogP contribution in [0.4, 0.5) is 0 Å². The Kier molecular flexibility index (Phi) is 8.27. The number of hydrogen-bond acceptors (Lipinski definition) is 7. The van der Waals surface area contributed by atoms with Crippen LogP contribution in [0.1, 0.15) is 40.1 Å². The lowest BCUT2D eigenvalue weighted by Gasteiger charge is -2.20. The van der Waals surface area contributed by atoms with Gasteiger partial charge in [0.2, 0.25) is 0 Å². The lowest BCUT2D eigenvalue weighted by atomic mass is 9.99. The number of ketones is 1. The molecule has 0 bridgehead atoms. The lowest BCUT2D eigenvalue weighted by Crippen LogP contribution is -2.47. The van der Waals surface area contributed by atoms with Crippen LogP contribution in [0, 0.1) is 5.41 Å². The number of nitrogens with one attached hydrogen (secondary N) is 2. The molecule has 1 amide bonds.